The van der Waals surface area contributed by atoms with Gasteiger partial charge in [-0.1, -0.05) is 12.1 Å². The van der Waals surface area contributed by atoms with Crippen molar-refractivity contribution in [1.29, 1.82) is 10.5 Å². The number of hydrogen-bond donors (Lipinski definition) is 1. The van der Waals surface area contributed by atoms with E-state index in [4.69, 9.17) is 19.9 Å². The molecule has 1 aliphatic carbocycles. The summed E-state index contributed by atoms with van der Waals surface area (Å²) in [6.45, 7) is 6.60. The minimum Gasteiger partial charge on any atom is -0.494 e. The van der Waals surface area contributed by atoms with E-state index in [1.807, 2.05) is 31.2 Å². The zero-order valence-electron chi connectivity index (χ0n) is 15.2. The zero-order valence-corrected chi connectivity index (χ0v) is 15.2. The molecule has 1 fully saturated rings. The van der Waals surface area contributed by atoms with Crippen LogP contribution in [0.3, 0.4) is 0 Å². The number of fused-ring (bicyclic) bond motifs is 1. The summed E-state index contributed by atoms with van der Waals surface area (Å²) in [6, 6.07) is 11.9. The van der Waals surface area contributed by atoms with E-state index in [-0.39, 0.29) is 19.0 Å². The normalized spacial score (nSPS) is 30.7. The Kier molecular flexibility index (Phi) is 4.39. The summed E-state index contributed by atoms with van der Waals surface area (Å²) in [6.07, 6.45) is 0. The molecule has 0 spiro atoms. The summed E-state index contributed by atoms with van der Waals surface area (Å²) >= 11 is 0. The average Bonchev–Trinajstić information content (AvgIpc) is 3.22. The molecule has 0 unspecified atom stereocenters. The summed E-state index contributed by atoms with van der Waals surface area (Å²) < 4.78 is 17.1. The molecule has 0 aromatic heterocycles. The van der Waals surface area contributed by atoms with Gasteiger partial charge in [0.1, 0.15) is 17.0 Å². The van der Waals surface area contributed by atoms with Crippen molar-refractivity contribution in [2.24, 2.45) is 21.6 Å². The molecule has 0 saturated heterocycles. The van der Waals surface area contributed by atoms with Crippen molar-refractivity contribution in [2.45, 2.75) is 32.6 Å². The van der Waals surface area contributed by atoms with E-state index in [9.17, 15) is 10.5 Å². The van der Waals surface area contributed by atoms with Crippen molar-refractivity contribution in [3.05, 3.63) is 29.8 Å². The minimum absolute atomic E-state index is 0.0855. The predicted molar refractivity (Wildman–Crippen MR) is 94.0 cm³/mol. The lowest BCUT2D eigenvalue weighted by Gasteiger charge is -2.31. The van der Waals surface area contributed by atoms with E-state index in [1.165, 1.54) is 0 Å². The molecule has 0 bridgehead atoms. The third-order valence-electron chi connectivity index (χ3n) is 5.13. The molecule has 3 atom stereocenters. The molecule has 7 nitrogen and oxygen atoms in total. The fourth-order valence-electron chi connectivity index (χ4n) is 4.17. The number of nitrogens with two attached hydrogens (primary N) is 1. The predicted octanol–water partition coefficient (Wildman–Crippen LogP) is 2.30. The van der Waals surface area contributed by atoms with Gasteiger partial charge >= 0.3 is 0 Å². The number of benzene rings is 1. The quantitative estimate of drug-likeness (QED) is 0.752. The number of nitrogens with zero attached hydrogens (tertiary/aromatic N) is 3. The Labute approximate surface area is 153 Å². The molecule has 0 radical (unpaired) electrons. The van der Waals surface area contributed by atoms with Gasteiger partial charge in [-0.2, -0.15) is 10.5 Å². The van der Waals surface area contributed by atoms with Crippen LogP contribution in [0.2, 0.25) is 0 Å². The van der Waals surface area contributed by atoms with E-state index < -0.39 is 22.7 Å². The Morgan fingerprint density at radius 1 is 1.04 bits per heavy atom. The van der Waals surface area contributed by atoms with Gasteiger partial charge in [0.2, 0.25) is 0 Å². The summed E-state index contributed by atoms with van der Waals surface area (Å²) in [5, 5.41) is 20.1. The average molecular weight is 354 g/mol. The largest absolute Gasteiger partial charge is 0.494 e. The van der Waals surface area contributed by atoms with Crippen molar-refractivity contribution >= 4 is 5.84 Å². The van der Waals surface area contributed by atoms with Gasteiger partial charge in [0.25, 0.3) is 5.91 Å². The standard InChI is InChI=1S/C19H22N4O3/c1-4-24-14-9-7-13(8-10-14)15-17(11-20)16(22)23-19(25-5-2,26-6-3)18(15,17)12-21/h7-10,15H,4-6H2,1-3H3,(H2,22,23)/t15-,17+,18+/m0/s1. The maximum absolute atomic E-state index is 10.1. The maximum atomic E-state index is 10.1. The van der Waals surface area contributed by atoms with Crippen LogP contribution in [0.1, 0.15) is 32.3 Å². The van der Waals surface area contributed by atoms with Crippen LogP contribution < -0.4 is 10.5 Å². The molecule has 26 heavy (non-hydrogen) atoms. The lowest BCUT2D eigenvalue weighted by molar-refractivity contribution is -0.255. The Bertz CT molecular complexity index is 802. The minimum atomic E-state index is -1.58. The molecule has 1 aliphatic heterocycles. The maximum Gasteiger partial charge on any atom is 0.293 e. The number of rotatable bonds is 7. The molecule has 1 heterocycles. The zero-order chi connectivity index (χ0) is 19.0. The highest BCUT2D eigenvalue weighted by molar-refractivity contribution is 6.00. The van der Waals surface area contributed by atoms with Crippen molar-refractivity contribution in [1.82, 2.24) is 0 Å². The first-order valence-electron chi connectivity index (χ1n) is 8.72. The number of ether oxygens (including phenoxy) is 3. The monoisotopic (exact) mass is 354 g/mol. The fourth-order valence-corrected chi connectivity index (χ4v) is 4.17. The molecule has 1 aromatic rings. The number of aliphatic imine (C=N–C) groups is 1. The van der Waals surface area contributed by atoms with Gasteiger partial charge in [-0.15, -0.1) is 0 Å². The van der Waals surface area contributed by atoms with Crippen molar-refractivity contribution in [3.63, 3.8) is 0 Å². The van der Waals surface area contributed by atoms with Gasteiger partial charge in [-0.05, 0) is 38.5 Å². The highest BCUT2D eigenvalue weighted by Gasteiger charge is 2.93. The highest BCUT2D eigenvalue weighted by Crippen LogP contribution is 2.81. The summed E-state index contributed by atoms with van der Waals surface area (Å²) in [5.41, 5.74) is 4.38. The van der Waals surface area contributed by atoms with Gasteiger partial charge in [0.15, 0.2) is 5.41 Å². The molecule has 2 N–H and O–H groups in total. The van der Waals surface area contributed by atoms with Crippen LogP contribution in [0.5, 0.6) is 5.75 Å². The molecular weight excluding hydrogens is 332 g/mol. The second-order valence-electron chi connectivity index (χ2n) is 6.22. The number of hydrogen-bond acceptors (Lipinski definition) is 7. The van der Waals surface area contributed by atoms with Crippen molar-refractivity contribution in [2.75, 3.05) is 19.8 Å². The first kappa shape index (κ1) is 18.2. The number of amidine groups is 1. The molecule has 1 saturated carbocycles. The van der Waals surface area contributed by atoms with Crippen LogP contribution in [0.15, 0.2) is 29.3 Å². The topological polar surface area (TPSA) is 114 Å². The summed E-state index contributed by atoms with van der Waals surface area (Å²) in [7, 11) is 0. The second kappa shape index (κ2) is 6.28. The SMILES string of the molecule is CCOc1ccc([C@H]2[C@]3(C#N)C(N)=NC(OCC)(OCC)[C@]23C#N)cc1. The molecular formula is C19H22N4O3. The van der Waals surface area contributed by atoms with Crippen molar-refractivity contribution in [3.8, 4) is 17.9 Å². The van der Waals surface area contributed by atoms with E-state index in [0.29, 0.717) is 6.61 Å². The molecule has 7 heteroatoms. The van der Waals surface area contributed by atoms with Crippen LogP contribution in [0.25, 0.3) is 0 Å². The summed E-state index contributed by atoms with van der Waals surface area (Å²) in [4.78, 5) is 4.32. The van der Waals surface area contributed by atoms with Crippen LogP contribution in [-0.2, 0) is 9.47 Å². The lowest BCUT2D eigenvalue weighted by atomic mass is 9.93. The van der Waals surface area contributed by atoms with Crippen LogP contribution >= 0.6 is 0 Å². The molecule has 2 aliphatic rings. The van der Waals surface area contributed by atoms with Gasteiger partial charge in [0, 0.05) is 19.1 Å². The molecule has 136 valence electrons. The Morgan fingerprint density at radius 2 is 1.65 bits per heavy atom. The first-order valence-corrected chi connectivity index (χ1v) is 8.72. The molecule has 1 aromatic carbocycles. The van der Waals surface area contributed by atoms with Gasteiger partial charge < -0.3 is 19.9 Å². The van der Waals surface area contributed by atoms with Gasteiger partial charge in [-0.25, -0.2) is 4.99 Å². The smallest absolute Gasteiger partial charge is 0.293 e. The van der Waals surface area contributed by atoms with Crippen molar-refractivity contribution < 1.29 is 14.2 Å². The van der Waals surface area contributed by atoms with E-state index in [2.05, 4.69) is 17.1 Å². The Balaban J connectivity index is 2.12. The number of nitriles is 2. The molecule has 3 rings (SSSR count). The Hall–Kier alpha value is -2.61. The lowest BCUT2D eigenvalue weighted by Crippen LogP contribution is -2.43. The Morgan fingerprint density at radius 3 is 2.12 bits per heavy atom. The van der Waals surface area contributed by atoms with Crippen LogP contribution in [0.4, 0.5) is 0 Å². The van der Waals surface area contributed by atoms with E-state index >= 15 is 0 Å². The third kappa shape index (κ3) is 1.96. The molecule has 0 amide bonds. The van der Waals surface area contributed by atoms with E-state index in [0.717, 1.165) is 11.3 Å². The second-order valence-corrected chi connectivity index (χ2v) is 6.22. The van der Waals surface area contributed by atoms with Gasteiger partial charge in [0.05, 0.1) is 18.7 Å². The first-order chi connectivity index (χ1) is 12.5. The highest BCUT2D eigenvalue weighted by atomic mass is 16.7. The van der Waals surface area contributed by atoms with E-state index in [1.54, 1.807) is 13.8 Å². The third-order valence-corrected chi connectivity index (χ3v) is 5.13. The van der Waals surface area contributed by atoms with Crippen LogP contribution in [-0.4, -0.2) is 31.6 Å². The van der Waals surface area contributed by atoms with Crippen LogP contribution in [0, 0.1) is 33.5 Å². The van der Waals surface area contributed by atoms with Gasteiger partial charge in [-0.3, -0.25) is 0 Å². The fraction of sp³-hybridized carbons (Fsp3) is 0.526. The summed E-state index contributed by atoms with van der Waals surface area (Å²) in [5.74, 6) is -1.26.